The number of rotatable bonds is 2. The van der Waals surface area contributed by atoms with Crippen LogP contribution in [0.2, 0.25) is 0 Å². The summed E-state index contributed by atoms with van der Waals surface area (Å²) in [6.07, 6.45) is 0.850. The van der Waals surface area contributed by atoms with Gasteiger partial charge in [-0.15, -0.1) is 0 Å². The zero-order valence-corrected chi connectivity index (χ0v) is 5.68. The Balaban J connectivity index is -0.000000109. The van der Waals surface area contributed by atoms with Gasteiger partial charge in [0.1, 0.15) is 0 Å². The maximum Gasteiger partial charge on any atom is 0.0414 e. The quantitative estimate of drug-likeness (QED) is 0.492. The van der Waals surface area contributed by atoms with E-state index in [1.54, 1.807) is 6.92 Å². The number of hydrogen-bond acceptors (Lipinski definition) is 3. The van der Waals surface area contributed by atoms with E-state index in [1.165, 1.54) is 0 Å². The molecule has 0 spiro atoms. The van der Waals surface area contributed by atoms with Gasteiger partial charge in [-0.3, -0.25) is 0 Å². The molecule has 0 amide bonds. The molecule has 9 heavy (non-hydrogen) atoms. The second kappa shape index (κ2) is 15.7. The van der Waals surface area contributed by atoms with Crippen LogP contribution in [0.4, 0.5) is 0 Å². The second-order valence-corrected chi connectivity index (χ2v) is 1.12. The van der Waals surface area contributed by atoms with Gasteiger partial charge in [0.2, 0.25) is 0 Å². The maximum atomic E-state index is 9.49. The molecule has 0 saturated heterocycles. The van der Waals surface area contributed by atoms with Gasteiger partial charge in [0.25, 0.3) is 0 Å². The van der Waals surface area contributed by atoms with Crippen LogP contribution in [0.25, 0.3) is 0 Å². The van der Waals surface area contributed by atoms with Crippen LogP contribution < -0.4 is 5.11 Å². The Morgan fingerprint density at radius 1 is 1.56 bits per heavy atom. The van der Waals surface area contributed by atoms with Crippen molar-refractivity contribution in [1.82, 2.24) is 0 Å². The van der Waals surface area contributed by atoms with Crippen molar-refractivity contribution in [1.29, 1.82) is 0 Å². The molecule has 0 aromatic heterocycles. The van der Waals surface area contributed by atoms with Gasteiger partial charge in [0, 0.05) is 13.1 Å². The van der Waals surface area contributed by atoms with Gasteiger partial charge < -0.3 is 20.5 Å². The number of carbonyl (C=O) groups excluding carboxylic acids is 1. The Hall–Kier alpha value is -0.610. The van der Waals surface area contributed by atoms with Crippen molar-refractivity contribution < 1.29 is 20.5 Å². The fraction of sp³-hybridized carbons (Fsp3) is 0.800. The first-order valence-corrected chi connectivity index (χ1v) is 2.42. The number of aliphatic hydroxyl groups excluding tert-OH is 1. The first-order chi connectivity index (χ1) is 3.77. The standard InChI is InChI=1S/C4H8O2.CH4O.H2O/c1-2-3-4(5)6;1-2;/h2-3H2,1H3,(H,5,6);2H,1H3;1H2/p-1. The number of aliphatic carboxylic acids is 1. The van der Waals surface area contributed by atoms with E-state index in [1.807, 2.05) is 0 Å². The highest BCUT2D eigenvalue weighted by Crippen LogP contribution is 1.79. The number of carboxylic acid groups (broad SMARTS) is 1. The zero-order chi connectivity index (χ0) is 6.99. The lowest BCUT2D eigenvalue weighted by Crippen LogP contribution is -2.20. The van der Waals surface area contributed by atoms with E-state index in [4.69, 9.17) is 5.11 Å². The van der Waals surface area contributed by atoms with E-state index in [0.717, 1.165) is 7.11 Å². The first-order valence-electron chi connectivity index (χ1n) is 2.42. The summed E-state index contributed by atoms with van der Waals surface area (Å²) in [5.74, 6) is -0.961. The molecule has 0 aliphatic rings. The molecule has 0 aromatic rings. The topological polar surface area (TPSA) is 91.9 Å². The smallest absolute Gasteiger partial charge is 0.0414 e. The van der Waals surface area contributed by atoms with E-state index >= 15 is 0 Å². The maximum absolute atomic E-state index is 9.49. The van der Waals surface area contributed by atoms with Gasteiger partial charge in [0.05, 0.1) is 0 Å². The van der Waals surface area contributed by atoms with E-state index < -0.39 is 5.97 Å². The normalized spacial score (nSPS) is 6.11. The molecule has 0 unspecified atom stereocenters. The fourth-order valence-electron chi connectivity index (χ4n) is 0.204. The lowest BCUT2D eigenvalue weighted by Gasteiger charge is -1.92. The summed E-state index contributed by atoms with van der Waals surface area (Å²) in [6, 6.07) is 0. The molecule has 58 valence electrons. The highest BCUT2D eigenvalue weighted by molar-refractivity contribution is 5.63. The highest BCUT2D eigenvalue weighted by Gasteiger charge is 1.75. The Morgan fingerprint density at radius 3 is 1.89 bits per heavy atom. The van der Waals surface area contributed by atoms with E-state index in [9.17, 15) is 9.90 Å². The van der Waals surface area contributed by atoms with Crippen LogP contribution in [0.5, 0.6) is 0 Å². The van der Waals surface area contributed by atoms with Crippen LogP contribution in [0.1, 0.15) is 19.8 Å². The van der Waals surface area contributed by atoms with Gasteiger partial charge in [-0.2, -0.15) is 0 Å². The Labute approximate surface area is 54.4 Å². The van der Waals surface area contributed by atoms with E-state index in [0.29, 0.717) is 6.42 Å². The largest absolute Gasteiger partial charge is 0.550 e. The first kappa shape index (κ1) is 15.8. The fourth-order valence-corrected chi connectivity index (χ4v) is 0.204. The van der Waals surface area contributed by atoms with Crippen molar-refractivity contribution in [2.24, 2.45) is 0 Å². The summed E-state index contributed by atoms with van der Waals surface area (Å²) in [5, 5.41) is 16.5. The summed E-state index contributed by atoms with van der Waals surface area (Å²) in [4.78, 5) is 9.49. The Kier molecular flexibility index (Phi) is 27.4. The average molecular weight is 137 g/mol. The summed E-state index contributed by atoms with van der Waals surface area (Å²) < 4.78 is 0. The minimum Gasteiger partial charge on any atom is -0.550 e. The molecule has 4 nitrogen and oxygen atoms in total. The van der Waals surface area contributed by atoms with Gasteiger partial charge in [0.15, 0.2) is 0 Å². The molecule has 0 saturated carbocycles. The molecule has 0 rings (SSSR count). The minimum atomic E-state index is -0.961. The summed E-state index contributed by atoms with van der Waals surface area (Å²) in [6.45, 7) is 1.80. The van der Waals surface area contributed by atoms with Gasteiger partial charge in [-0.1, -0.05) is 13.3 Å². The van der Waals surface area contributed by atoms with Crippen molar-refractivity contribution in [3.8, 4) is 0 Å². The summed E-state index contributed by atoms with van der Waals surface area (Å²) in [7, 11) is 1.00. The van der Waals surface area contributed by atoms with Crippen LogP contribution in [-0.2, 0) is 4.79 Å². The Morgan fingerprint density at radius 2 is 1.89 bits per heavy atom. The molecule has 0 aromatic carbocycles. The van der Waals surface area contributed by atoms with Gasteiger partial charge >= 0.3 is 0 Å². The van der Waals surface area contributed by atoms with Crippen LogP contribution >= 0.6 is 0 Å². The van der Waals surface area contributed by atoms with E-state index in [-0.39, 0.29) is 11.9 Å². The third-order valence-corrected chi connectivity index (χ3v) is 0.454. The van der Waals surface area contributed by atoms with Gasteiger partial charge in [-0.05, 0) is 6.42 Å². The number of aliphatic hydroxyl groups is 1. The number of carbonyl (C=O) groups is 1. The molecule has 0 radical (unpaired) electrons. The molecule has 3 N–H and O–H groups in total. The van der Waals surface area contributed by atoms with Crippen molar-refractivity contribution in [3.63, 3.8) is 0 Å². The molecule has 0 fully saturated rings. The SMILES string of the molecule is CCCC(=O)[O-].CO.O. The molecule has 0 bridgehead atoms. The molecule has 0 heterocycles. The second-order valence-electron chi connectivity index (χ2n) is 1.12. The van der Waals surface area contributed by atoms with Crippen molar-refractivity contribution >= 4 is 5.97 Å². The summed E-state index contributed by atoms with van der Waals surface area (Å²) >= 11 is 0. The van der Waals surface area contributed by atoms with Crippen molar-refractivity contribution in [3.05, 3.63) is 0 Å². The summed E-state index contributed by atoms with van der Waals surface area (Å²) in [5.41, 5.74) is 0. The average Bonchev–Trinajstić information content (AvgIpc) is 1.72. The number of carboxylic acids is 1. The molecule has 0 atom stereocenters. The van der Waals surface area contributed by atoms with Gasteiger partial charge in [-0.25, -0.2) is 0 Å². The van der Waals surface area contributed by atoms with Crippen LogP contribution in [0.15, 0.2) is 0 Å². The van der Waals surface area contributed by atoms with Crippen LogP contribution in [0, 0.1) is 0 Å². The van der Waals surface area contributed by atoms with E-state index in [2.05, 4.69) is 0 Å². The third kappa shape index (κ3) is 37.6. The zero-order valence-electron chi connectivity index (χ0n) is 5.68. The van der Waals surface area contributed by atoms with Crippen LogP contribution in [0.3, 0.4) is 0 Å². The molecular weight excluding hydrogens is 124 g/mol. The lowest BCUT2D eigenvalue weighted by atomic mass is 10.4. The predicted molar refractivity (Wildman–Crippen MR) is 31.7 cm³/mol. The van der Waals surface area contributed by atoms with Crippen molar-refractivity contribution in [2.75, 3.05) is 7.11 Å². The lowest BCUT2D eigenvalue weighted by molar-refractivity contribution is -0.305. The Bertz CT molecular complexity index is 52.9. The van der Waals surface area contributed by atoms with Crippen LogP contribution in [-0.4, -0.2) is 23.7 Å². The van der Waals surface area contributed by atoms with Crippen molar-refractivity contribution in [2.45, 2.75) is 19.8 Å². The molecular formula is C5H13O4-. The monoisotopic (exact) mass is 137 g/mol. The number of hydrogen-bond donors (Lipinski definition) is 1. The third-order valence-electron chi connectivity index (χ3n) is 0.454. The molecule has 0 aliphatic carbocycles. The minimum absolute atomic E-state index is 0. The highest BCUT2D eigenvalue weighted by atomic mass is 16.4. The molecule has 0 aliphatic heterocycles. The predicted octanol–water partition coefficient (Wildman–Crippen LogP) is -1.68. The molecule has 4 heteroatoms.